The lowest BCUT2D eigenvalue weighted by Gasteiger charge is -2.21. The Balaban J connectivity index is 2.70. The van der Waals surface area contributed by atoms with E-state index in [-0.39, 0.29) is 5.91 Å². The Morgan fingerprint density at radius 1 is 1.44 bits per heavy atom. The van der Waals surface area contributed by atoms with Crippen molar-refractivity contribution in [2.45, 2.75) is 26.7 Å². The minimum absolute atomic E-state index is 0.118. The highest BCUT2D eigenvalue weighted by Crippen LogP contribution is 2.16. The van der Waals surface area contributed by atoms with E-state index in [4.69, 9.17) is 11.6 Å². The molecule has 0 saturated carbocycles. The molecule has 0 atom stereocenters. The van der Waals surface area contributed by atoms with Crippen LogP contribution in [0.1, 0.15) is 35.7 Å². The summed E-state index contributed by atoms with van der Waals surface area (Å²) in [6, 6.07) is 0. The van der Waals surface area contributed by atoms with E-state index in [0.717, 1.165) is 30.5 Å². The van der Waals surface area contributed by atoms with Gasteiger partial charge in [0, 0.05) is 24.3 Å². The maximum absolute atomic E-state index is 12.2. The Kier molecular flexibility index (Phi) is 5.85. The van der Waals surface area contributed by atoms with Gasteiger partial charge in [-0.1, -0.05) is 13.3 Å². The molecule has 1 rings (SSSR count). The molecule has 0 spiro atoms. The number of hydrogen-bond donors (Lipinski definition) is 0. The van der Waals surface area contributed by atoms with Crippen LogP contribution in [0.4, 0.5) is 0 Å². The highest BCUT2D eigenvalue weighted by molar-refractivity contribution is 7.08. The normalized spacial score (nSPS) is 10.4. The number of hydrogen-bond acceptors (Lipinski definition) is 2. The van der Waals surface area contributed by atoms with Crippen LogP contribution < -0.4 is 0 Å². The van der Waals surface area contributed by atoms with E-state index in [9.17, 15) is 4.79 Å². The molecule has 4 heteroatoms. The van der Waals surface area contributed by atoms with Gasteiger partial charge in [-0.15, -0.1) is 11.6 Å². The number of nitrogens with zero attached hydrogens (tertiary/aromatic N) is 1. The molecule has 1 heterocycles. The van der Waals surface area contributed by atoms with Gasteiger partial charge >= 0.3 is 0 Å². The Labute approximate surface area is 106 Å². The Bertz CT molecular complexity index is 338. The van der Waals surface area contributed by atoms with Crippen molar-refractivity contribution in [3.8, 4) is 0 Å². The van der Waals surface area contributed by atoms with Crippen molar-refractivity contribution in [2.75, 3.05) is 19.0 Å². The molecular formula is C12H18ClNOS. The van der Waals surface area contributed by atoms with Crippen LogP contribution in [-0.4, -0.2) is 29.8 Å². The number of unbranched alkanes of at least 4 members (excludes halogenated alkanes) is 1. The largest absolute Gasteiger partial charge is 0.337 e. The number of alkyl halides is 1. The monoisotopic (exact) mass is 259 g/mol. The molecule has 0 aliphatic heterocycles. The van der Waals surface area contributed by atoms with Crippen molar-refractivity contribution >= 4 is 28.8 Å². The summed E-state index contributed by atoms with van der Waals surface area (Å²) in [6.07, 6.45) is 2.13. The van der Waals surface area contributed by atoms with E-state index in [1.54, 1.807) is 11.3 Å². The Hall–Kier alpha value is -0.540. The molecule has 1 aromatic heterocycles. The van der Waals surface area contributed by atoms with Gasteiger partial charge in [0.15, 0.2) is 0 Å². The van der Waals surface area contributed by atoms with Crippen molar-refractivity contribution in [3.05, 3.63) is 21.9 Å². The molecule has 0 aliphatic carbocycles. The number of carbonyl (C=O) groups excluding carboxylic acids is 1. The number of aryl methyl sites for hydroxylation is 1. The summed E-state index contributed by atoms with van der Waals surface area (Å²) >= 11 is 7.30. The molecule has 0 aliphatic rings. The van der Waals surface area contributed by atoms with Crippen LogP contribution in [0.3, 0.4) is 0 Å². The molecule has 0 radical (unpaired) electrons. The number of thiophene rings is 1. The minimum atomic E-state index is 0.118. The van der Waals surface area contributed by atoms with Gasteiger partial charge in [0.05, 0.1) is 5.56 Å². The summed E-state index contributed by atoms with van der Waals surface area (Å²) in [5, 5.41) is 3.93. The maximum Gasteiger partial charge on any atom is 0.255 e. The maximum atomic E-state index is 12.2. The summed E-state index contributed by atoms with van der Waals surface area (Å²) in [6.45, 7) is 5.54. The molecule has 0 aromatic carbocycles. The zero-order valence-corrected chi connectivity index (χ0v) is 11.4. The molecule has 16 heavy (non-hydrogen) atoms. The van der Waals surface area contributed by atoms with E-state index in [0.29, 0.717) is 12.4 Å². The van der Waals surface area contributed by atoms with Crippen LogP contribution in [0.15, 0.2) is 10.8 Å². The number of carbonyl (C=O) groups is 1. The van der Waals surface area contributed by atoms with Crippen LogP contribution in [0.2, 0.25) is 0 Å². The van der Waals surface area contributed by atoms with Crippen molar-refractivity contribution in [2.24, 2.45) is 0 Å². The molecule has 0 fully saturated rings. The van der Waals surface area contributed by atoms with Gasteiger partial charge in [-0.3, -0.25) is 4.79 Å². The second-order valence-electron chi connectivity index (χ2n) is 3.80. The zero-order valence-electron chi connectivity index (χ0n) is 9.83. The van der Waals surface area contributed by atoms with Crippen molar-refractivity contribution in [3.63, 3.8) is 0 Å². The summed E-state index contributed by atoms with van der Waals surface area (Å²) in [4.78, 5) is 14.0. The van der Waals surface area contributed by atoms with Gasteiger partial charge in [0.1, 0.15) is 0 Å². The SMILES string of the molecule is CCCCN(CCCl)C(=O)c1cscc1C. The summed E-state index contributed by atoms with van der Waals surface area (Å²) in [7, 11) is 0. The fraction of sp³-hybridized carbons (Fsp3) is 0.583. The van der Waals surface area contributed by atoms with E-state index in [1.807, 2.05) is 22.6 Å². The first-order valence-corrected chi connectivity index (χ1v) is 7.06. The van der Waals surface area contributed by atoms with Crippen molar-refractivity contribution in [1.29, 1.82) is 0 Å². The molecule has 0 unspecified atom stereocenters. The highest BCUT2D eigenvalue weighted by Gasteiger charge is 2.16. The average Bonchev–Trinajstić information content (AvgIpc) is 2.69. The van der Waals surface area contributed by atoms with E-state index < -0.39 is 0 Å². The lowest BCUT2D eigenvalue weighted by Crippen LogP contribution is -2.33. The second-order valence-corrected chi connectivity index (χ2v) is 4.92. The number of amides is 1. The van der Waals surface area contributed by atoms with Gasteiger partial charge < -0.3 is 4.90 Å². The third kappa shape index (κ3) is 3.49. The fourth-order valence-corrected chi connectivity index (χ4v) is 2.54. The molecule has 90 valence electrons. The third-order valence-electron chi connectivity index (χ3n) is 2.51. The Morgan fingerprint density at radius 3 is 2.69 bits per heavy atom. The Morgan fingerprint density at radius 2 is 2.19 bits per heavy atom. The lowest BCUT2D eigenvalue weighted by atomic mass is 10.2. The van der Waals surface area contributed by atoms with Crippen LogP contribution in [0, 0.1) is 6.92 Å². The van der Waals surface area contributed by atoms with E-state index in [2.05, 4.69) is 6.92 Å². The smallest absolute Gasteiger partial charge is 0.255 e. The minimum Gasteiger partial charge on any atom is -0.337 e. The van der Waals surface area contributed by atoms with Crippen LogP contribution in [0.25, 0.3) is 0 Å². The van der Waals surface area contributed by atoms with Gasteiger partial charge in [-0.25, -0.2) is 0 Å². The van der Waals surface area contributed by atoms with Gasteiger partial charge in [-0.2, -0.15) is 11.3 Å². The standard InChI is InChI=1S/C12H18ClNOS/c1-3-4-6-14(7-5-13)12(15)11-9-16-8-10(11)2/h8-9H,3-7H2,1-2H3. The topological polar surface area (TPSA) is 20.3 Å². The predicted molar refractivity (Wildman–Crippen MR) is 70.6 cm³/mol. The van der Waals surface area contributed by atoms with Gasteiger partial charge in [-0.05, 0) is 24.3 Å². The third-order valence-corrected chi connectivity index (χ3v) is 3.54. The van der Waals surface area contributed by atoms with Crippen LogP contribution in [-0.2, 0) is 0 Å². The molecule has 2 nitrogen and oxygen atoms in total. The van der Waals surface area contributed by atoms with Gasteiger partial charge in [0.25, 0.3) is 5.91 Å². The second kappa shape index (κ2) is 6.92. The van der Waals surface area contributed by atoms with Crippen LogP contribution >= 0.6 is 22.9 Å². The molecule has 0 bridgehead atoms. The first-order valence-electron chi connectivity index (χ1n) is 5.58. The predicted octanol–water partition coefficient (Wildman–Crippen LogP) is 3.54. The first-order chi connectivity index (χ1) is 7.70. The number of rotatable bonds is 6. The molecule has 1 aromatic rings. The molecule has 0 saturated heterocycles. The summed E-state index contributed by atoms with van der Waals surface area (Å²) in [5.41, 5.74) is 1.89. The van der Waals surface area contributed by atoms with Crippen molar-refractivity contribution < 1.29 is 4.79 Å². The van der Waals surface area contributed by atoms with Gasteiger partial charge in [0.2, 0.25) is 0 Å². The fourth-order valence-electron chi connectivity index (χ4n) is 1.52. The summed E-state index contributed by atoms with van der Waals surface area (Å²) in [5.74, 6) is 0.617. The molecular weight excluding hydrogens is 242 g/mol. The quantitative estimate of drug-likeness (QED) is 0.716. The van der Waals surface area contributed by atoms with Crippen molar-refractivity contribution in [1.82, 2.24) is 4.90 Å². The van der Waals surface area contributed by atoms with E-state index >= 15 is 0 Å². The molecule has 0 N–H and O–H groups in total. The number of halogens is 1. The summed E-state index contributed by atoms with van der Waals surface area (Å²) < 4.78 is 0. The van der Waals surface area contributed by atoms with Crippen LogP contribution in [0.5, 0.6) is 0 Å². The molecule has 1 amide bonds. The average molecular weight is 260 g/mol. The lowest BCUT2D eigenvalue weighted by molar-refractivity contribution is 0.0763. The zero-order chi connectivity index (χ0) is 12.0. The highest BCUT2D eigenvalue weighted by atomic mass is 35.5. The first kappa shape index (κ1) is 13.5. The van der Waals surface area contributed by atoms with E-state index in [1.165, 1.54) is 0 Å².